The van der Waals surface area contributed by atoms with E-state index in [4.69, 9.17) is 9.47 Å². The van der Waals surface area contributed by atoms with Crippen LogP contribution in [0, 0.1) is 5.82 Å². The van der Waals surface area contributed by atoms with Gasteiger partial charge in [0, 0.05) is 19.2 Å². The molecule has 0 unspecified atom stereocenters. The largest absolute Gasteiger partial charge is 0.488 e. The third-order valence-electron chi connectivity index (χ3n) is 3.49. The van der Waals surface area contributed by atoms with Crippen molar-refractivity contribution in [2.24, 2.45) is 0 Å². The van der Waals surface area contributed by atoms with Crippen LogP contribution in [0.3, 0.4) is 0 Å². The summed E-state index contributed by atoms with van der Waals surface area (Å²) in [6.45, 7) is 7.48. The molecule has 1 aliphatic rings. The third-order valence-corrected chi connectivity index (χ3v) is 3.49. The Morgan fingerprint density at radius 1 is 1.40 bits per heavy atom. The van der Waals surface area contributed by atoms with Gasteiger partial charge >= 0.3 is 0 Å². The Morgan fingerprint density at radius 2 is 2.20 bits per heavy atom. The summed E-state index contributed by atoms with van der Waals surface area (Å²) in [5.41, 5.74) is 0.927. The molecule has 0 aromatic heterocycles. The molecule has 1 saturated heterocycles. The van der Waals surface area contributed by atoms with E-state index in [-0.39, 0.29) is 18.0 Å². The summed E-state index contributed by atoms with van der Waals surface area (Å²) in [7, 11) is 0. The Morgan fingerprint density at radius 3 is 2.80 bits per heavy atom. The SMILES string of the molecule is CC(C)Oc1ccc([C@@H](C)NC[C@@H]2CCCO2)cc1F. The smallest absolute Gasteiger partial charge is 0.165 e. The fraction of sp³-hybridized carbons (Fsp3) is 0.625. The average Bonchev–Trinajstić information content (AvgIpc) is 2.91. The van der Waals surface area contributed by atoms with E-state index in [0.717, 1.165) is 31.6 Å². The van der Waals surface area contributed by atoms with Crippen LogP contribution in [0.15, 0.2) is 18.2 Å². The Hall–Kier alpha value is -1.13. The lowest BCUT2D eigenvalue weighted by atomic mass is 10.1. The highest BCUT2D eigenvalue weighted by Crippen LogP contribution is 2.23. The average molecular weight is 281 g/mol. The molecule has 1 N–H and O–H groups in total. The molecule has 112 valence electrons. The van der Waals surface area contributed by atoms with Crippen LogP contribution in [0.25, 0.3) is 0 Å². The fourth-order valence-corrected chi connectivity index (χ4v) is 2.37. The second-order valence-corrected chi connectivity index (χ2v) is 5.62. The van der Waals surface area contributed by atoms with Crippen LogP contribution in [-0.4, -0.2) is 25.4 Å². The number of hydrogen-bond donors (Lipinski definition) is 1. The first-order valence-electron chi connectivity index (χ1n) is 7.37. The molecule has 1 heterocycles. The molecule has 0 radical (unpaired) electrons. The van der Waals surface area contributed by atoms with Gasteiger partial charge in [-0.3, -0.25) is 0 Å². The third kappa shape index (κ3) is 4.18. The highest BCUT2D eigenvalue weighted by atomic mass is 19.1. The van der Waals surface area contributed by atoms with Crippen molar-refractivity contribution in [3.05, 3.63) is 29.6 Å². The van der Waals surface area contributed by atoms with Gasteiger partial charge in [-0.25, -0.2) is 4.39 Å². The second kappa shape index (κ2) is 7.04. The van der Waals surface area contributed by atoms with Gasteiger partial charge in [0.05, 0.1) is 12.2 Å². The summed E-state index contributed by atoms with van der Waals surface area (Å²) in [5.74, 6) is 0.0112. The van der Waals surface area contributed by atoms with Gasteiger partial charge in [0.1, 0.15) is 0 Å². The molecule has 2 rings (SSSR count). The van der Waals surface area contributed by atoms with Gasteiger partial charge in [0.15, 0.2) is 11.6 Å². The van der Waals surface area contributed by atoms with Gasteiger partial charge < -0.3 is 14.8 Å². The maximum Gasteiger partial charge on any atom is 0.165 e. The fourth-order valence-electron chi connectivity index (χ4n) is 2.37. The summed E-state index contributed by atoms with van der Waals surface area (Å²) < 4.78 is 24.9. The molecule has 1 aromatic carbocycles. The Balaban J connectivity index is 1.92. The topological polar surface area (TPSA) is 30.5 Å². The van der Waals surface area contributed by atoms with E-state index in [1.54, 1.807) is 12.1 Å². The van der Waals surface area contributed by atoms with Crippen LogP contribution in [0.2, 0.25) is 0 Å². The normalized spacial score (nSPS) is 20.4. The predicted molar refractivity (Wildman–Crippen MR) is 77.6 cm³/mol. The van der Waals surface area contributed by atoms with Crippen LogP contribution in [0.1, 0.15) is 45.2 Å². The quantitative estimate of drug-likeness (QED) is 0.866. The Kier molecular flexibility index (Phi) is 5.38. The van der Waals surface area contributed by atoms with Crippen LogP contribution in [0.4, 0.5) is 4.39 Å². The summed E-state index contributed by atoms with van der Waals surface area (Å²) in [6, 6.07) is 5.26. The van der Waals surface area contributed by atoms with Crippen molar-refractivity contribution in [3.63, 3.8) is 0 Å². The molecule has 1 aromatic rings. The van der Waals surface area contributed by atoms with Crippen LogP contribution >= 0.6 is 0 Å². The number of rotatable bonds is 6. The lowest BCUT2D eigenvalue weighted by Crippen LogP contribution is -2.28. The van der Waals surface area contributed by atoms with E-state index in [1.165, 1.54) is 0 Å². The van der Waals surface area contributed by atoms with Crippen molar-refractivity contribution in [2.45, 2.75) is 51.9 Å². The van der Waals surface area contributed by atoms with E-state index in [9.17, 15) is 4.39 Å². The van der Waals surface area contributed by atoms with Gasteiger partial charge in [0.25, 0.3) is 0 Å². The van der Waals surface area contributed by atoms with Crippen molar-refractivity contribution in [1.82, 2.24) is 5.32 Å². The molecule has 0 spiro atoms. The molecule has 20 heavy (non-hydrogen) atoms. The molecule has 2 atom stereocenters. The first kappa shape index (κ1) is 15.3. The molecule has 4 heteroatoms. The van der Waals surface area contributed by atoms with Crippen molar-refractivity contribution < 1.29 is 13.9 Å². The zero-order valence-electron chi connectivity index (χ0n) is 12.5. The first-order chi connectivity index (χ1) is 9.56. The summed E-state index contributed by atoms with van der Waals surface area (Å²) in [5, 5.41) is 3.40. The van der Waals surface area contributed by atoms with Gasteiger partial charge in [-0.15, -0.1) is 0 Å². The molecule has 3 nitrogen and oxygen atoms in total. The van der Waals surface area contributed by atoms with Gasteiger partial charge in [0.2, 0.25) is 0 Å². The number of halogens is 1. The van der Waals surface area contributed by atoms with E-state index in [0.29, 0.717) is 11.9 Å². The summed E-state index contributed by atoms with van der Waals surface area (Å²) in [6.07, 6.45) is 2.52. The van der Waals surface area contributed by atoms with Gasteiger partial charge in [-0.05, 0) is 51.3 Å². The molecule has 0 aliphatic carbocycles. The number of ether oxygens (including phenoxy) is 2. The van der Waals surface area contributed by atoms with E-state index < -0.39 is 0 Å². The predicted octanol–water partition coefficient (Wildman–Crippen LogP) is 3.44. The molecule has 0 amide bonds. The zero-order chi connectivity index (χ0) is 14.5. The van der Waals surface area contributed by atoms with Crippen LogP contribution < -0.4 is 10.1 Å². The number of benzene rings is 1. The summed E-state index contributed by atoms with van der Waals surface area (Å²) in [4.78, 5) is 0. The Labute approximate surface area is 120 Å². The molecular formula is C16H24FNO2. The molecule has 0 saturated carbocycles. The van der Waals surface area contributed by atoms with E-state index >= 15 is 0 Å². The van der Waals surface area contributed by atoms with Gasteiger partial charge in [-0.2, -0.15) is 0 Å². The van der Waals surface area contributed by atoms with Crippen molar-refractivity contribution in [3.8, 4) is 5.75 Å². The Bertz CT molecular complexity index is 430. The van der Waals surface area contributed by atoms with E-state index in [1.807, 2.05) is 26.8 Å². The lowest BCUT2D eigenvalue weighted by Gasteiger charge is -2.18. The molecule has 1 aliphatic heterocycles. The van der Waals surface area contributed by atoms with Gasteiger partial charge in [-0.1, -0.05) is 6.07 Å². The maximum absolute atomic E-state index is 13.9. The summed E-state index contributed by atoms with van der Waals surface area (Å²) >= 11 is 0. The second-order valence-electron chi connectivity index (χ2n) is 5.62. The number of nitrogens with one attached hydrogen (secondary N) is 1. The molecular weight excluding hydrogens is 257 g/mol. The van der Waals surface area contributed by atoms with Crippen molar-refractivity contribution in [2.75, 3.05) is 13.2 Å². The van der Waals surface area contributed by atoms with E-state index in [2.05, 4.69) is 5.32 Å². The highest BCUT2D eigenvalue weighted by molar-refractivity contribution is 5.31. The molecule has 0 bridgehead atoms. The van der Waals surface area contributed by atoms with Crippen molar-refractivity contribution in [1.29, 1.82) is 0 Å². The monoisotopic (exact) mass is 281 g/mol. The van der Waals surface area contributed by atoms with Crippen molar-refractivity contribution >= 4 is 0 Å². The first-order valence-corrected chi connectivity index (χ1v) is 7.37. The minimum absolute atomic E-state index is 0.0228. The lowest BCUT2D eigenvalue weighted by molar-refractivity contribution is 0.108. The zero-order valence-corrected chi connectivity index (χ0v) is 12.5. The highest BCUT2D eigenvalue weighted by Gasteiger charge is 2.17. The van der Waals surface area contributed by atoms with Crippen LogP contribution in [0.5, 0.6) is 5.75 Å². The number of hydrogen-bond acceptors (Lipinski definition) is 3. The minimum Gasteiger partial charge on any atom is -0.488 e. The molecule has 1 fully saturated rings. The standard InChI is InChI=1S/C16H24FNO2/c1-11(2)20-16-7-6-13(9-15(16)17)12(3)18-10-14-5-4-8-19-14/h6-7,9,11-12,14,18H,4-5,8,10H2,1-3H3/t12-,14+/m1/s1. The minimum atomic E-state index is -0.304. The van der Waals surface area contributed by atoms with Crippen LogP contribution in [-0.2, 0) is 4.74 Å². The maximum atomic E-state index is 13.9.